The number of ketones is 1. The molecule has 1 amide bonds. The summed E-state index contributed by atoms with van der Waals surface area (Å²) in [5.41, 5.74) is 1.37. The topological polar surface area (TPSA) is 73.7 Å². The number of pyridine rings is 1. The first-order valence-corrected chi connectivity index (χ1v) is 8.39. The summed E-state index contributed by atoms with van der Waals surface area (Å²) >= 11 is 0. The van der Waals surface area contributed by atoms with Gasteiger partial charge >= 0.3 is 0 Å². The minimum absolute atomic E-state index is 0.117. The van der Waals surface area contributed by atoms with Crippen LogP contribution in [0.25, 0.3) is 5.76 Å². The average Bonchev–Trinajstić information content (AvgIpc) is 2.91. The number of rotatable bonds is 5. The molecule has 1 atom stereocenters. The van der Waals surface area contributed by atoms with Crippen LogP contribution in [0.15, 0.2) is 60.4 Å². The highest BCUT2D eigenvalue weighted by Crippen LogP contribution is 2.38. The van der Waals surface area contributed by atoms with Crippen molar-refractivity contribution in [3.8, 4) is 0 Å². The van der Waals surface area contributed by atoms with Gasteiger partial charge in [-0.05, 0) is 31.8 Å². The van der Waals surface area contributed by atoms with Crippen molar-refractivity contribution in [3.63, 3.8) is 0 Å². The van der Waals surface area contributed by atoms with Gasteiger partial charge in [-0.3, -0.25) is 14.6 Å². The standard InChI is InChI=1S/C20H21N3O3/c1-22(2)12-13-23-17(14-8-10-21-11-9-14)16(19(25)20(23)26)18(24)15-6-4-3-5-7-15/h3-11,17,24H,12-13H2,1-2H3/b18-16+/t17-/m1/s1. The van der Waals surface area contributed by atoms with Gasteiger partial charge in [-0.2, -0.15) is 0 Å². The van der Waals surface area contributed by atoms with Gasteiger partial charge in [0.1, 0.15) is 5.76 Å². The van der Waals surface area contributed by atoms with Gasteiger partial charge in [0.15, 0.2) is 0 Å². The number of aliphatic hydroxyl groups is 1. The normalized spacial score (nSPS) is 19.3. The van der Waals surface area contributed by atoms with Crippen LogP contribution in [-0.2, 0) is 9.59 Å². The fraction of sp³-hybridized carbons (Fsp3) is 0.250. The summed E-state index contributed by atoms with van der Waals surface area (Å²) in [6, 6.07) is 11.7. The first-order chi connectivity index (χ1) is 12.5. The summed E-state index contributed by atoms with van der Waals surface area (Å²) in [5.74, 6) is -1.41. The van der Waals surface area contributed by atoms with E-state index in [0.29, 0.717) is 18.7 Å². The lowest BCUT2D eigenvalue weighted by Gasteiger charge is -2.26. The van der Waals surface area contributed by atoms with Crippen molar-refractivity contribution in [2.75, 3.05) is 27.2 Å². The van der Waals surface area contributed by atoms with E-state index in [0.717, 1.165) is 5.56 Å². The molecule has 0 spiro atoms. The van der Waals surface area contributed by atoms with Gasteiger partial charge in [0.05, 0.1) is 11.6 Å². The second-order valence-electron chi connectivity index (χ2n) is 6.44. The molecule has 3 rings (SSSR count). The lowest BCUT2D eigenvalue weighted by molar-refractivity contribution is -0.140. The Kier molecular flexibility index (Phi) is 5.14. The number of benzene rings is 1. The summed E-state index contributed by atoms with van der Waals surface area (Å²) in [6.45, 7) is 0.996. The van der Waals surface area contributed by atoms with Crippen LogP contribution in [0.1, 0.15) is 17.2 Å². The second-order valence-corrected chi connectivity index (χ2v) is 6.44. The van der Waals surface area contributed by atoms with Crippen molar-refractivity contribution < 1.29 is 14.7 Å². The predicted molar refractivity (Wildman–Crippen MR) is 98.2 cm³/mol. The Morgan fingerprint density at radius 1 is 1.12 bits per heavy atom. The minimum Gasteiger partial charge on any atom is -0.507 e. The minimum atomic E-state index is -0.660. The zero-order valence-corrected chi connectivity index (χ0v) is 14.8. The van der Waals surface area contributed by atoms with Crippen molar-refractivity contribution >= 4 is 17.4 Å². The highest BCUT2D eigenvalue weighted by molar-refractivity contribution is 6.46. The molecule has 0 aliphatic carbocycles. The van der Waals surface area contributed by atoms with Gasteiger partial charge in [0, 0.05) is 31.0 Å². The number of nitrogens with zero attached hydrogens (tertiary/aromatic N) is 3. The van der Waals surface area contributed by atoms with E-state index in [1.165, 1.54) is 4.90 Å². The Morgan fingerprint density at radius 2 is 1.77 bits per heavy atom. The lowest BCUT2D eigenvalue weighted by Crippen LogP contribution is -2.35. The Labute approximate surface area is 152 Å². The van der Waals surface area contributed by atoms with Crippen LogP contribution >= 0.6 is 0 Å². The second kappa shape index (κ2) is 7.49. The third kappa shape index (κ3) is 3.36. The van der Waals surface area contributed by atoms with Crippen molar-refractivity contribution in [1.29, 1.82) is 0 Å². The Morgan fingerprint density at radius 3 is 2.38 bits per heavy atom. The fourth-order valence-electron chi connectivity index (χ4n) is 3.06. The number of hydrogen-bond acceptors (Lipinski definition) is 5. The molecule has 0 saturated carbocycles. The van der Waals surface area contributed by atoms with Crippen molar-refractivity contribution in [2.24, 2.45) is 0 Å². The quantitative estimate of drug-likeness (QED) is 0.507. The highest BCUT2D eigenvalue weighted by Gasteiger charge is 2.45. The first kappa shape index (κ1) is 17.8. The maximum atomic E-state index is 12.7. The van der Waals surface area contributed by atoms with Crippen molar-refractivity contribution in [3.05, 3.63) is 71.6 Å². The van der Waals surface area contributed by atoms with Gasteiger partial charge in [-0.25, -0.2) is 0 Å². The maximum absolute atomic E-state index is 12.7. The van der Waals surface area contributed by atoms with Crippen LogP contribution in [0.2, 0.25) is 0 Å². The zero-order chi connectivity index (χ0) is 18.7. The summed E-state index contributed by atoms with van der Waals surface area (Å²) in [5, 5.41) is 10.8. The van der Waals surface area contributed by atoms with Crippen LogP contribution in [0.5, 0.6) is 0 Å². The Balaban J connectivity index is 2.12. The summed E-state index contributed by atoms with van der Waals surface area (Å²) in [7, 11) is 3.81. The smallest absolute Gasteiger partial charge is 0.295 e. The molecule has 1 aliphatic rings. The average molecular weight is 351 g/mol. The van der Waals surface area contributed by atoms with E-state index < -0.39 is 17.7 Å². The molecule has 2 aromatic rings. The molecule has 0 radical (unpaired) electrons. The monoisotopic (exact) mass is 351 g/mol. The molecule has 1 aliphatic heterocycles. The number of aliphatic hydroxyl groups excluding tert-OH is 1. The SMILES string of the molecule is CN(C)CCN1C(=O)C(=O)/C(=C(/O)c2ccccc2)[C@H]1c1ccncc1. The third-order valence-corrected chi connectivity index (χ3v) is 4.40. The number of aromatic nitrogens is 1. The number of likely N-dealkylation sites (tertiary alicyclic amines) is 1. The molecule has 2 heterocycles. The summed E-state index contributed by atoms with van der Waals surface area (Å²) < 4.78 is 0. The molecule has 1 aromatic heterocycles. The predicted octanol–water partition coefficient (Wildman–Crippen LogP) is 2.06. The molecule has 26 heavy (non-hydrogen) atoms. The number of amides is 1. The molecule has 1 aromatic carbocycles. The number of carbonyl (C=O) groups is 2. The van der Waals surface area contributed by atoms with Gasteiger partial charge < -0.3 is 14.9 Å². The molecule has 0 unspecified atom stereocenters. The van der Waals surface area contributed by atoms with Crippen LogP contribution in [-0.4, -0.2) is 58.8 Å². The molecule has 1 saturated heterocycles. The van der Waals surface area contributed by atoms with Crippen LogP contribution < -0.4 is 0 Å². The summed E-state index contributed by atoms with van der Waals surface area (Å²) in [6.07, 6.45) is 3.23. The Hall–Kier alpha value is -2.99. The van der Waals surface area contributed by atoms with Gasteiger partial charge in [-0.15, -0.1) is 0 Å². The molecule has 1 fully saturated rings. The number of likely N-dealkylation sites (N-methyl/N-ethyl adjacent to an activating group) is 1. The van der Waals surface area contributed by atoms with Gasteiger partial charge in [-0.1, -0.05) is 30.3 Å². The maximum Gasteiger partial charge on any atom is 0.295 e. The van der Waals surface area contributed by atoms with Crippen molar-refractivity contribution in [1.82, 2.24) is 14.8 Å². The molecule has 6 nitrogen and oxygen atoms in total. The third-order valence-electron chi connectivity index (χ3n) is 4.40. The number of carbonyl (C=O) groups excluding carboxylic acids is 2. The van der Waals surface area contributed by atoms with E-state index in [2.05, 4.69) is 4.98 Å². The van der Waals surface area contributed by atoms with Crippen LogP contribution in [0.3, 0.4) is 0 Å². The van der Waals surface area contributed by atoms with Crippen LogP contribution in [0, 0.1) is 0 Å². The van der Waals surface area contributed by atoms with E-state index in [1.807, 2.05) is 25.1 Å². The van der Waals surface area contributed by atoms with E-state index in [1.54, 1.807) is 48.8 Å². The lowest BCUT2D eigenvalue weighted by atomic mass is 9.96. The van der Waals surface area contributed by atoms with Crippen LogP contribution in [0.4, 0.5) is 0 Å². The van der Waals surface area contributed by atoms with Gasteiger partial charge in [0.25, 0.3) is 11.7 Å². The van der Waals surface area contributed by atoms with E-state index in [9.17, 15) is 14.7 Å². The highest BCUT2D eigenvalue weighted by atomic mass is 16.3. The Bertz CT molecular complexity index is 832. The van der Waals surface area contributed by atoms with E-state index >= 15 is 0 Å². The van der Waals surface area contributed by atoms with Gasteiger partial charge in [0.2, 0.25) is 0 Å². The largest absolute Gasteiger partial charge is 0.507 e. The molecule has 0 bridgehead atoms. The van der Waals surface area contributed by atoms with E-state index in [4.69, 9.17) is 0 Å². The molecular formula is C20H21N3O3. The molecule has 6 heteroatoms. The molecule has 1 N–H and O–H groups in total. The molecule has 134 valence electrons. The van der Waals surface area contributed by atoms with E-state index in [-0.39, 0.29) is 11.3 Å². The number of Topliss-reactive ketones (excluding diaryl/α,β-unsaturated/α-hetero) is 1. The molecular weight excluding hydrogens is 330 g/mol. The fourth-order valence-corrected chi connectivity index (χ4v) is 3.06. The zero-order valence-electron chi connectivity index (χ0n) is 14.8. The number of hydrogen-bond donors (Lipinski definition) is 1. The van der Waals surface area contributed by atoms with Crippen molar-refractivity contribution in [2.45, 2.75) is 6.04 Å². The first-order valence-electron chi connectivity index (χ1n) is 8.39. The summed E-state index contributed by atoms with van der Waals surface area (Å²) in [4.78, 5) is 32.8.